The smallest absolute Gasteiger partial charge is 0.183 e. The summed E-state index contributed by atoms with van der Waals surface area (Å²) in [7, 11) is 0. The lowest BCUT2D eigenvalue weighted by Gasteiger charge is -2.06. The van der Waals surface area contributed by atoms with Crippen LogP contribution in [0, 0.1) is 51.6 Å². The van der Waals surface area contributed by atoms with Crippen LogP contribution in [0.3, 0.4) is 0 Å². The van der Waals surface area contributed by atoms with Crippen molar-refractivity contribution in [3.8, 4) is 18.3 Å². The third-order valence-corrected chi connectivity index (χ3v) is 2.67. The maximum Gasteiger partial charge on any atom is 0.183 e. The number of nitrogens with one attached hydrogen (secondary N) is 1. The number of hydrogen-bond donors (Lipinski definition) is 1. The summed E-state index contributed by atoms with van der Waals surface area (Å²) in [5.41, 5.74) is -3.00. The van der Waals surface area contributed by atoms with Crippen molar-refractivity contribution in [2.75, 3.05) is 6.26 Å². The highest BCUT2D eigenvalue weighted by Gasteiger charge is 2.25. The van der Waals surface area contributed by atoms with Gasteiger partial charge in [-0.25, -0.2) is 18.2 Å². The van der Waals surface area contributed by atoms with Gasteiger partial charge in [0, 0.05) is 0 Å². The SMILES string of the molecule is CSC(=Nc1c(F)c(C#N)c(F)c(F)c1C#N)NC#N. The van der Waals surface area contributed by atoms with E-state index in [2.05, 4.69) is 10.3 Å². The van der Waals surface area contributed by atoms with Crippen molar-refractivity contribution in [1.29, 1.82) is 15.8 Å². The molecule has 0 aliphatic heterocycles. The number of halogens is 3. The summed E-state index contributed by atoms with van der Waals surface area (Å²) in [6, 6.07) is 2.44. The molecule has 9 heteroatoms. The molecule has 0 saturated carbocycles. The number of aliphatic imine (C=N–C) groups is 1. The molecular weight excluding hydrogens is 291 g/mol. The quantitative estimate of drug-likeness (QED) is 0.282. The summed E-state index contributed by atoms with van der Waals surface area (Å²) in [4.78, 5) is 3.54. The molecule has 20 heavy (non-hydrogen) atoms. The Kier molecular flexibility index (Phi) is 4.96. The number of rotatable bonds is 1. The van der Waals surface area contributed by atoms with E-state index in [-0.39, 0.29) is 5.17 Å². The maximum absolute atomic E-state index is 13.9. The molecule has 0 unspecified atom stereocenters. The summed E-state index contributed by atoms with van der Waals surface area (Å²) in [6.45, 7) is 0. The number of hydrogen-bond acceptors (Lipinski definition) is 5. The van der Waals surface area contributed by atoms with Crippen molar-refractivity contribution >= 4 is 22.6 Å². The molecule has 1 N–H and O–H groups in total. The molecule has 0 aliphatic rings. The number of amidine groups is 1. The first-order chi connectivity index (χ1) is 9.51. The van der Waals surface area contributed by atoms with Crippen LogP contribution in [0.25, 0.3) is 0 Å². The van der Waals surface area contributed by atoms with E-state index >= 15 is 0 Å². The highest BCUT2D eigenvalue weighted by atomic mass is 32.2. The first-order valence-corrected chi connectivity index (χ1v) is 6.02. The number of nitriles is 3. The fraction of sp³-hybridized carbons (Fsp3) is 0.0909. The molecule has 0 fully saturated rings. The van der Waals surface area contributed by atoms with Crippen LogP contribution in [0.4, 0.5) is 18.9 Å². The summed E-state index contributed by atoms with van der Waals surface area (Å²) in [5, 5.41) is 27.7. The van der Waals surface area contributed by atoms with E-state index < -0.39 is 34.3 Å². The number of benzene rings is 1. The second-order valence-electron chi connectivity index (χ2n) is 3.12. The monoisotopic (exact) mass is 295 g/mol. The Morgan fingerprint density at radius 2 is 1.60 bits per heavy atom. The molecule has 0 heterocycles. The van der Waals surface area contributed by atoms with Crippen molar-refractivity contribution in [2.45, 2.75) is 0 Å². The van der Waals surface area contributed by atoms with Crippen LogP contribution < -0.4 is 5.32 Å². The fourth-order valence-corrected chi connectivity index (χ4v) is 1.56. The Morgan fingerprint density at radius 3 is 2.05 bits per heavy atom. The highest BCUT2D eigenvalue weighted by Crippen LogP contribution is 2.31. The molecule has 1 rings (SSSR count). The minimum Gasteiger partial charge on any atom is -0.271 e. The molecule has 0 amide bonds. The van der Waals surface area contributed by atoms with Gasteiger partial charge in [-0.2, -0.15) is 15.8 Å². The average molecular weight is 295 g/mol. The zero-order chi connectivity index (χ0) is 15.3. The summed E-state index contributed by atoms with van der Waals surface area (Å²) in [5.74, 6) is -4.88. The Morgan fingerprint density at radius 1 is 1.05 bits per heavy atom. The molecule has 100 valence electrons. The Labute approximate surface area is 115 Å². The first kappa shape index (κ1) is 15.4. The Bertz CT molecular complexity index is 709. The van der Waals surface area contributed by atoms with E-state index in [1.807, 2.05) is 0 Å². The Hall–Kier alpha value is -2.70. The van der Waals surface area contributed by atoms with Crippen molar-refractivity contribution in [1.82, 2.24) is 5.32 Å². The normalized spacial score (nSPS) is 10.3. The van der Waals surface area contributed by atoms with E-state index in [4.69, 9.17) is 15.8 Å². The first-order valence-electron chi connectivity index (χ1n) is 4.80. The predicted octanol–water partition coefficient (Wildman–Crippen LogP) is 2.27. The van der Waals surface area contributed by atoms with Gasteiger partial charge < -0.3 is 0 Å². The van der Waals surface area contributed by atoms with Gasteiger partial charge in [0.2, 0.25) is 0 Å². The largest absolute Gasteiger partial charge is 0.271 e. The van der Waals surface area contributed by atoms with E-state index in [1.54, 1.807) is 0 Å². The maximum atomic E-state index is 13.9. The van der Waals surface area contributed by atoms with E-state index in [1.165, 1.54) is 18.5 Å². The highest BCUT2D eigenvalue weighted by molar-refractivity contribution is 8.13. The van der Waals surface area contributed by atoms with Gasteiger partial charge in [-0.3, -0.25) is 5.32 Å². The zero-order valence-electron chi connectivity index (χ0n) is 9.83. The second-order valence-corrected chi connectivity index (χ2v) is 3.92. The van der Waals surface area contributed by atoms with Crippen LogP contribution in [-0.2, 0) is 0 Å². The average Bonchev–Trinajstić information content (AvgIpc) is 2.44. The van der Waals surface area contributed by atoms with Crippen molar-refractivity contribution in [3.05, 3.63) is 28.6 Å². The molecule has 0 spiro atoms. The van der Waals surface area contributed by atoms with Crippen molar-refractivity contribution in [2.24, 2.45) is 4.99 Å². The van der Waals surface area contributed by atoms with Crippen LogP contribution in [0.5, 0.6) is 0 Å². The molecule has 0 aliphatic carbocycles. The lowest BCUT2D eigenvalue weighted by Crippen LogP contribution is -2.13. The van der Waals surface area contributed by atoms with Crippen molar-refractivity contribution in [3.63, 3.8) is 0 Å². The second kappa shape index (κ2) is 6.46. The molecule has 0 aromatic heterocycles. The van der Waals surface area contributed by atoms with E-state index in [0.29, 0.717) is 0 Å². The number of nitrogens with zero attached hydrogens (tertiary/aromatic N) is 4. The van der Waals surface area contributed by atoms with Gasteiger partial charge in [-0.1, -0.05) is 11.8 Å². The summed E-state index contributed by atoms with van der Waals surface area (Å²) >= 11 is 0.882. The zero-order valence-corrected chi connectivity index (χ0v) is 10.6. The van der Waals surface area contributed by atoms with Crippen LogP contribution in [0.2, 0.25) is 0 Å². The third-order valence-electron chi connectivity index (χ3n) is 2.09. The molecule has 1 aromatic carbocycles. The molecule has 5 nitrogen and oxygen atoms in total. The molecule has 0 saturated heterocycles. The molecule has 0 atom stereocenters. The standard InChI is InChI=1S/C11H4F3N5S/c1-20-11(18-4-17)19-10-6(3-16)8(13)7(12)5(2-15)9(10)14/h1H3,(H,18,19). The summed E-state index contributed by atoms with van der Waals surface area (Å²) in [6.07, 6.45) is 3.00. The van der Waals surface area contributed by atoms with Crippen LogP contribution in [0.15, 0.2) is 4.99 Å². The van der Waals surface area contributed by atoms with Gasteiger partial charge >= 0.3 is 0 Å². The van der Waals surface area contributed by atoms with Crippen LogP contribution in [-0.4, -0.2) is 11.4 Å². The lowest BCUT2D eigenvalue weighted by molar-refractivity contribution is 0.490. The predicted molar refractivity (Wildman–Crippen MR) is 65.1 cm³/mol. The fourth-order valence-electron chi connectivity index (χ4n) is 1.23. The van der Waals surface area contributed by atoms with Gasteiger partial charge in [-0.15, -0.1) is 0 Å². The van der Waals surface area contributed by atoms with E-state index in [0.717, 1.165) is 17.8 Å². The van der Waals surface area contributed by atoms with Crippen LogP contribution >= 0.6 is 11.8 Å². The third kappa shape index (κ3) is 2.66. The molecular formula is C11H4F3N5S. The Balaban J connectivity index is 3.72. The van der Waals surface area contributed by atoms with Crippen LogP contribution in [0.1, 0.15) is 11.1 Å². The van der Waals surface area contributed by atoms with Gasteiger partial charge in [0.05, 0.1) is 0 Å². The van der Waals surface area contributed by atoms with Crippen molar-refractivity contribution < 1.29 is 13.2 Å². The lowest BCUT2D eigenvalue weighted by atomic mass is 10.1. The summed E-state index contributed by atoms with van der Waals surface area (Å²) < 4.78 is 40.8. The minimum absolute atomic E-state index is 0.141. The van der Waals surface area contributed by atoms with E-state index in [9.17, 15) is 13.2 Å². The van der Waals surface area contributed by atoms with Gasteiger partial charge in [0.1, 0.15) is 29.0 Å². The van der Waals surface area contributed by atoms with Gasteiger partial charge in [-0.05, 0) is 6.26 Å². The molecule has 1 aromatic rings. The topological polar surface area (TPSA) is 95.8 Å². The van der Waals surface area contributed by atoms with Gasteiger partial charge in [0.25, 0.3) is 0 Å². The number of thioether (sulfide) groups is 1. The van der Waals surface area contributed by atoms with Gasteiger partial charge in [0.15, 0.2) is 28.8 Å². The molecule has 0 bridgehead atoms. The molecule has 0 radical (unpaired) electrons. The minimum atomic E-state index is -1.75.